The molecule has 0 saturated carbocycles. The van der Waals surface area contributed by atoms with Gasteiger partial charge in [0, 0.05) is 19.3 Å². The van der Waals surface area contributed by atoms with Crippen LogP contribution in [0.15, 0.2) is 46.1 Å². The van der Waals surface area contributed by atoms with E-state index >= 15 is 0 Å². The molecular formula is C17H19N3O3. The highest BCUT2D eigenvalue weighted by Crippen LogP contribution is 2.22. The molecule has 0 unspecified atom stereocenters. The average molecular weight is 313 g/mol. The van der Waals surface area contributed by atoms with Gasteiger partial charge >= 0.3 is 5.69 Å². The molecule has 2 N–H and O–H groups in total. The van der Waals surface area contributed by atoms with E-state index in [1.54, 1.807) is 4.90 Å². The summed E-state index contributed by atoms with van der Waals surface area (Å²) in [6, 6.07) is 10.3. The fourth-order valence-electron chi connectivity index (χ4n) is 3.03. The molecule has 3 rings (SSSR count). The summed E-state index contributed by atoms with van der Waals surface area (Å²) in [4.78, 5) is 41.2. The summed E-state index contributed by atoms with van der Waals surface area (Å²) in [5.41, 5.74) is 0.0683. The number of aromatic nitrogens is 2. The SMILES string of the molecule is O=C(c1c[nH]c(=O)[nH]c1=O)N1CCC(Cc2ccccc2)CC1. The minimum absolute atomic E-state index is 0.00823. The van der Waals surface area contributed by atoms with Crippen LogP contribution < -0.4 is 11.2 Å². The van der Waals surface area contributed by atoms with Gasteiger partial charge in [-0.25, -0.2) is 4.79 Å². The van der Waals surface area contributed by atoms with Crippen LogP contribution in [-0.2, 0) is 6.42 Å². The van der Waals surface area contributed by atoms with Crippen molar-refractivity contribution in [2.45, 2.75) is 19.3 Å². The number of likely N-dealkylation sites (tertiary alicyclic amines) is 1. The lowest BCUT2D eigenvalue weighted by atomic mass is 9.90. The molecule has 0 bridgehead atoms. The second-order valence-electron chi connectivity index (χ2n) is 5.91. The first-order valence-corrected chi connectivity index (χ1v) is 7.78. The van der Waals surface area contributed by atoms with E-state index in [-0.39, 0.29) is 11.5 Å². The van der Waals surface area contributed by atoms with E-state index in [0.717, 1.165) is 19.3 Å². The summed E-state index contributed by atoms with van der Waals surface area (Å²) in [6.45, 7) is 1.27. The van der Waals surface area contributed by atoms with E-state index in [4.69, 9.17) is 0 Å². The van der Waals surface area contributed by atoms with Gasteiger partial charge in [0.15, 0.2) is 0 Å². The molecule has 6 heteroatoms. The molecule has 1 saturated heterocycles. The van der Waals surface area contributed by atoms with Gasteiger partial charge in [0.25, 0.3) is 11.5 Å². The number of piperidine rings is 1. The van der Waals surface area contributed by atoms with Crippen LogP contribution in [0.25, 0.3) is 0 Å². The van der Waals surface area contributed by atoms with E-state index in [1.165, 1.54) is 11.8 Å². The Bertz CT molecular complexity index is 786. The maximum atomic E-state index is 12.4. The summed E-state index contributed by atoms with van der Waals surface area (Å²) in [5, 5.41) is 0. The lowest BCUT2D eigenvalue weighted by molar-refractivity contribution is 0.0688. The Morgan fingerprint density at radius 2 is 1.83 bits per heavy atom. The van der Waals surface area contributed by atoms with Crippen LogP contribution in [0.2, 0.25) is 0 Å². The number of amides is 1. The Kier molecular flexibility index (Phi) is 4.41. The van der Waals surface area contributed by atoms with Crippen molar-refractivity contribution >= 4 is 5.91 Å². The fourth-order valence-corrected chi connectivity index (χ4v) is 3.03. The summed E-state index contributed by atoms with van der Waals surface area (Å²) in [5.74, 6) is 0.232. The lowest BCUT2D eigenvalue weighted by Crippen LogP contribution is -2.41. The lowest BCUT2D eigenvalue weighted by Gasteiger charge is -2.32. The number of benzene rings is 1. The number of carbonyl (C=O) groups is 1. The zero-order valence-corrected chi connectivity index (χ0v) is 12.7. The van der Waals surface area contributed by atoms with Gasteiger partial charge in [0.2, 0.25) is 0 Å². The normalized spacial score (nSPS) is 15.6. The second-order valence-corrected chi connectivity index (χ2v) is 5.91. The van der Waals surface area contributed by atoms with Gasteiger partial charge < -0.3 is 9.88 Å². The third-order valence-corrected chi connectivity index (χ3v) is 4.32. The van der Waals surface area contributed by atoms with Crippen molar-refractivity contribution in [1.82, 2.24) is 14.9 Å². The van der Waals surface area contributed by atoms with E-state index in [9.17, 15) is 14.4 Å². The van der Waals surface area contributed by atoms with Gasteiger partial charge in [-0.3, -0.25) is 14.6 Å². The first-order chi connectivity index (χ1) is 11.1. The number of nitrogens with one attached hydrogen (secondary N) is 2. The molecule has 1 fully saturated rings. The Balaban J connectivity index is 1.61. The number of rotatable bonds is 3. The molecule has 2 aromatic rings. The van der Waals surface area contributed by atoms with Crippen LogP contribution in [0.5, 0.6) is 0 Å². The summed E-state index contributed by atoms with van der Waals surface area (Å²) >= 11 is 0. The van der Waals surface area contributed by atoms with Crippen molar-refractivity contribution in [3.8, 4) is 0 Å². The third-order valence-electron chi connectivity index (χ3n) is 4.32. The average Bonchev–Trinajstić information content (AvgIpc) is 2.56. The van der Waals surface area contributed by atoms with Crippen LogP contribution in [0.3, 0.4) is 0 Å². The Hall–Kier alpha value is -2.63. The molecule has 0 aliphatic carbocycles. The van der Waals surface area contributed by atoms with Crippen molar-refractivity contribution in [3.05, 3.63) is 68.5 Å². The van der Waals surface area contributed by atoms with Crippen molar-refractivity contribution < 1.29 is 4.79 Å². The van der Waals surface area contributed by atoms with Gasteiger partial charge in [-0.05, 0) is 30.7 Å². The number of aromatic amines is 2. The van der Waals surface area contributed by atoms with Crippen molar-refractivity contribution in [2.24, 2.45) is 5.92 Å². The number of nitrogens with zero attached hydrogens (tertiary/aromatic N) is 1. The standard InChI is InChI=1S/C17H19N3O3/c21-15-14(11-18-17(23)19-15)16(22)20-8-6-13(7-9-20)10-12-4-2-1-3-5-12/h1-5,11,13H,6-10H2,(H2,18,19,21,23). The largest absolute Gasteiger partial charge is 0.338 e. The Labute approximate surface area is 133 Å². The van der Waals surface area contributed by atoms with E-state index in [0.29, 0.717) is 19.0 Å². The highest BCUT2D eigenvalue weighted by atomic mass is 16.2. The highest BCUT2D eigenvalue weighted by Gasteiger charge is 2.25. The number of carbonyl (C=O) groups excluding carboxylic acids is 1. The van der Waals surface area contributed by atoms with E-state index < -0.39 is 11.2 Å². The molecule has 1 aromatic heterocycles. The molecule has 0 atom stereocenters. The fraction of sp³-hybridized carbons (Fsp3) is 0.353. The summed E-state index contributed by atoms with van der Waals surface area (Å²) < 4.78 is 0. The van der Waals surface area contributed by atoms with Crippen LogP contribution in [0.4, 0.5) is 0 Å². The number of H-pyrrole nitrogens is 2. The molecule has 1 aromatic carbocycles. The smallest absolute Gasteiger partial charge is 0.325 e. The Morgan fingerprint density at radius 3 is 2.48 bits per heavy atom. The van der Waals surface area contributed by atoms with Crippen LogP contribution >= 0.6 is 0 Å². The van der Waals surface area contributed by atoms with Crippen LogP contribution in [0.1, 0.15) is 28.8 Å². The second kappa shape index (κ2) is 6.64. The maximum Gasteiger partial charge on any atom is 0.325 e. The molecule has 1 aliphatic heterocycles. The highest BCUT2D eigenvalue weighted by molar-refractivity contribution is 5.93. The quantitative estimate of drug-likeness (QED) is 0.891. The minimum atomic E-state index is -0.634. The molecule has 120 valence electrons. The number of hydrogen-bond acceptors (Lipinski definition) is 3. The molecule has 6 nitrogen and oxygen atoms in total. The first kappa shape index (κ1) is 15.3. The molecule has 2 heterocycles. The predicted molar refractivity (Wildman–Crippen MR) is 86.5 cm³/mol. The zero-order valence-electron chi connectivity index (χ0n) is 12.7. The molecule has 1 amide bonds. The van der Waals surface area contributed by atoms with Crippen LogP contribution in [-0.4, -0.2) is 33.9 Å². The van der Waals surface area contributed by atoms with Crippen molar-refractivity contribution in [1.29, 1.82) is 0 Å². The predicted octanol–water partition coefficient (Wildman–Crippen LogP) is 1.16. The van der Waals surface area contributed by atoms with Gasteiger partial charge in [-0.1, -0.05) is 30.3 Å². The monoisotopic (exact) mass is 313 g/mol. The van der Waals surface area contributed by atoms with Crippen LogP contribution in [0, 0.1) is 5.92 Å². The summed E-state index contributed by atoms with van der Waals surface area (Å²) in [6.07, 6.45) is 4.05. The molecule has 0 spiro atoms. The van der Waals surface area contributed by atoms with Gasteiger partial charge in [0.1, 0.15) is 5.56 Å². The van der Waals surface area contributed by atoms with Crippen molar-refractivity contribution in [3.63, 3.8) is 0 Å². The molecule has 1 aliphatic rings. The minimum Gasteiger partial charge on any atom is -0.338 e. The summed E-state index contributed by atoms with van der Waals surface area (Å²) in [7, 11) is 0. The van der Waals surface area contributed by atoms with Gasteiger partial charge in [0.05, 0.1) is 0 Å². The van der Waals surface area contributed by atoms with E-state index in [1.807, 2.05) is 18.2 Å². The molecule has 0 radical (unpaired) electrons. The number of hydrogen-bond donors (Lipinski definition) is 2. The topological polar surface area (TPSA) is 86.0 Å². The molecular weight excluding hydrogens is 294 g/mol. The van der Waals surface area contributed by atoms with Gasteiger partial charge in [-0.15, -0.1) is 0 Å². The van der Waals surface area contributed by atoms with E-state index in [2.05, 4.69) is 22.1 Å². The maximum absolute atomic E-state index is 12.4. The van der Waals surface area contributed by atoms with Gasteiger partial charge in [-0.2, -0.15) is 0 Å². The molecule has 23 heavy (non-hydrogen) atoms. The zero-order chi connectivity index (χ0) is 16.2. The first-order valence-electron chi connectivity index (χ1n) is 7.78. The Morgan fingerprint density at radius 1 is 1.13 bits per heavy atom. The van der Waals surface area contributed by atoms with Crippen molar-refractivity contribution in [2.75, 3.05) is 13.1 Å². The third kappa shape index (κ3) is 3.59.